The summed E-state index contributed by atoms with van der Waals surface area (Å²) in [7, 11) is 0. The number of halogens is 1. The first-order valence-corrected chi connectivity index (χ1v) is 8.95. The van der Waals surface area contributed by atoms with Crippen LogP contribution in [-0.2, 0) is 20.9 Å². The zero-order valence-corrected chi connectivity index (χ0v) is 15.3. The van der Waals surface area contributed by atoms with E-state index < -0.39 is 11.8 Å². The van der Waals surface area contributed by atoms with Gasteiger partial charge in [0.05, 0.1) is 0 Å². The van der Waals surface area contributed by atoms with Crippen molar-refractivity contribution in [3.8, 4) is 11.1 Å². The van der Waals surface area contributed by atoms with Crippen LogP contribution in [0.15, 0.2) is 30.6 Å². The van der Waals surface area contributed by atoms with Crippen molar-refractivity contribution < 1.29 is 18.7 Å². The Labute approximate surface area is 169 Å². The number of nitrogens with zero attached hydrogens (tertiary/aromatic N) is 2. The second-order valence-electron chi connectivity index (χ2n) is 6.47. The number of carbonyl (C=O) groups excluding carboxylic acids is 1. The Hall–Kier alpha value is -3.07. The van der Waals surface area contributed by atoms with E-state index in [1.54, 1.807) is 24.5 Å². The molecule has 1 saturated heterocycles. The Balaban J connectivity index is 0.00000300. The third kappa shape index (κ3) is 6.21. The number of esters is 1. The maximum absolute atomic E-state index is 14.8. The number of nitrogens with two attached hydrogens (primary N) is 1. The van der Waals surface area contributed by atoms with Crippen molar-refractivity contribution in [3.63, 3.8) is 0 Å². The van der Waals surface area contributed by atoms with E-state index >= 15 is 0 Å². The molecule has 8 nitrogen and oxygen atoms in total. The van der Waals surface area contributed by atoms with Gasteiger partial charge in [0.25, 0.3) is 0 Å². The molecular weight excluding hydrogens is 377 g/mol. The van der Waals surface area contributed by atoms with Gasteiger partial charge in [0.2, 0.25) is 5.95 Å². The lowest BCUT2D eigenvalue weighted by atomic mass is 10.1. The molecule has 1 aromatic carbocycles. The molecule has 0 aliphatic carbocycles. The number of anilines is 1. The molecule has 2 aromatic rings. The maximum atomic E-state index is 14.8. The molecule has 1 aliphatic rings. The molecule has 1 aromatic heterocycles. The number of amidine groups is 1. The van der Waals surface area contributed by atoms with Gasteiger partial charge in [-0.2, -0.15) is 0 Å². The molecular formula is C20H26FN5O3. The molecule has 29 heavy (non-hydrogen) atoms. The molecule has 4 N–H and O–H groups in total. The lowest BCUT2D eigenvalue weighted by molar-refractivity contribution is -0.143. The van der Waals surface area contributed by atoms with Gasteiger partial charge < -0.3 is 20.5 Å². The molecule has 0 atom stereocenters. The molecule has 156 valence electrons. The summed E-state index contributed by atoms with van der Waals surface area (Å²) in [6.45, 7) is 1.19. The third-order valence-corrected chi connectivity index (χ3v) is 4.32. The molecule has 0 saturated carbocycles. The largest absolute Gasteiger partial charge is 0.460 e. The van der Waals surface area contributed by atoms with Crippen molar-refractivity contribution in [1.29, 1.82) is 5.41 Å². The van der Waals surface area contributed by atoms with Crippen LogP contribution >= 0.6 is 0 Å². The maximum Gasteiger partial charge on any atom is 0.313 e. The van der Waals surface area contributed by atoms with E-state index in [-0.39, 0.29) is 37.9 Å². The Morgan fingerprint density at radius 3 is 2.66 bits per heavy atom. The van der Waals surface area contributed by atoms with Crippen molar-refractivity contribution in [1.82, 2.24) is 9.97 Å². The summed E-state index contributed by atoms with van der Waals surface area (Å²) in [6.07, 6.45) is 4.57. The topological polar surface area (TPSA) is 123 Å². The van der Waals surface area contributed by atoms with Crippen LogP contribution in [0.2, 0.25) is 0 Å². The van der Waals surface area contributed by atoms with Crippen molar-refractivity contribution in [2.75, 3.05) is 18.5 Å². The molecule has 1 aliphatic heterocycles. The minimum Gasteiger partial charge on any atom is -0.460 e. The van der Waals surface area contributed by atoms with Gasteiger partial charge in [0.15, 0.2) is 0 Å². The van der Waals surface area contributed by atoms with Gasteiger partial charge in [-0.1, -0.05) is 25.6 Å². The number of nitrogens with one attached hydrogen (secondary N) is 2. The number of hydrogen-bond donors (Lipinski definition) is 3. The second kappa shape index (κ2) is 10.5. The number of hydrogen-bond acceptors (Lipinski definition) is 7. The highest BCUT2D eigenvalue weighted by Crippen LogP contribution is 2.25. The molecule has 0 spiro atoms. The second-order valence-corrected chi connectivity index (χ2v) is 6.47. The molecule has 0 bridgehead atoms. The lowest BCUT2D eigenvalue weighted by Crippen LogP contribution is -2.28. The molecule has 0 radical (unpaired) electrons. The summed E-state index contributed by atoms with van der Waals surface area (Å²) in [6, 6.07) is 5.08. The van der Waals surface area contributed by atoms with Crippen LogP contribution in [0.25, 0.3) is 11.1 Å². The monoisotopic (exact) mass is 403 g/mol. The number of aromatic nitrogens is 2. The first-order valence-electron chi connectivity index (χ1n) is 8.95. The molecule has 9 heteroatoms. The molecule has 3 rings (SSSR count). The average Bonchev–Trinajstić information content (AvgIpc) is 2.68. The van der Waals surface area contributed by atoms with Gasteiger partial charge in [0, 0.05) is 48.3 Å². The fourth-order valence-electron chi connectivity index (χ4n) is 2.85. The standard InChI is InChI=1S/C19H22FN5O3.CH4/c20-18-12(11-28-17(26)8-16(21)22)2-1-3-15(18)13-9-23-19(24-10-13)25-14-4-6-27-7-5-14;/h1-3,9-10,14H,4-8,11H2,(H3,21,22)(H,23,24,25);1H4. The van der Waals surface area contributed by atoms with Crippen molar-refractivity contribution in [3.05, 3.63) is 42.0 Å². The molecule has 2 heterocycles. The summed E-state index contributed by atoms with van der Waals surface area (Å²) in [5.41, 5.74) is 6.21. The quantitative estimate of drug-likeness (QED) is 0.369. The fourth-order valence-corrected chi connectivity index (χ4v) is 2.85. The Bertz CT molecular complexity index is 839. The van der Waals surface area contributed by atoms with Gasteiger partial charge in [-0.3, -0.25) is 10.2 Å². The Morgan fingerprint density at radius 2 is 2.00 bits per heavy atom. The summed E-state index contributed by atoms with van der Waals surface area (Å²) < 4.78 is 25.1. The predicted octanol–water partition coefficient (Wildman–Crippen LogP) is 2.88. The molecule has 1 fully saturated rings. The average molecular weight is 403 g/mol. The summed E-state index contributed by atoms with van der Waals surface area (Å²) in [4.78, 5) is 20.0. The van der Waals surface area contributed by atoms with Crippen LogP contribution < -0.4 is 11.1 Å². The van der Waals surface area contributed by atoms with Crippen LogP contribution in [0.4, 0.5) is 10.3 Å². The first-order chi connectivity index (χ1) is 13.5. The number of carbonyl (C=O) groups is 1. The van der Waals surface area contributed by atoms with Gasteiger partial charge in [0.1, 0.15) is 24.7 Å². The minimum atomic E-state index is -0.677. The van der Waals surface area contributed by atoms with Gasteiger partial charge in [-0.15, -0.1) is 0 Å². The van der Waals surface area contributed by atoms with E-state index in [0.717, 1.165) is 12.8 Å². The third-order valence-electron chi connectivity index (χ3n) is 4.32. The molecule has 0 unspecified atom stereocenters. The van der Waals surface area contributed by atoms with Gasteiger partial charge in [-0.25, -0.2) is 14.4 Å². The minimum absolute atomic E-state index is 0. The zero-order valence-electron chi connectivity index (χ0n) is 15.3. The highest BCUT2D eigenvalue weighted by atomic mass is 19.1. The van der Waals surface area contributed by atoms with Gasteiger partial charge in [-0.05, 0) is 12.8 Å². The van der Waals surface area contributed by atoms with Crippen molar-refractivity contribution in [2.45, 2.75) is 39.3 Å². The Kier molecular flexibility index (Phi) is 8.02. The number of rotatable bonds is 7. The van der Waals surface area contributed by atoms with Crippen LogP contribution in [0.3, 0.4) is 0 Å². The van der Waals surface area contributed by atoms with Crippen molar-refractivity contribution >= 4 is 17.8 Å². The first kappa shape index (κ1) is 22.2. The zero-order chi connectivity index (χ0) is 19.9. The van der Waals surface area contributed by atoms with E-state index in [0.29, 0.717) is 30.3 Å². The van der Waals surface area contributed by atoms with E-state index in [2.05, 4.69) is 15.3 Å². The predicted molar refractivity (Wildman–Crippen MR) is 108 cm³/mol. The molecule has 0 amide bonds. The van der Waals surface area contributed by atoms with E-state index in [4.69, 9.17) is 20.6 Å². The van der Waals surface area contributed by atoms with E-state index in [9.17, 15) is 9.18 Å². The summed E-state index contributed by atoms with van der Waals surface area (Å²) in [5.74, 6) is -0.993. The van der Waals surface area contributed by atoms with Crippen LogP contribution in [-0.4, -0.2) is 41.0 Å². The van der Waals surface area contributed by atoms with Crippen LogP contribution in [0.1, 0.15) is 32.3 Å². The van der Waals surface area contributed by atoms with Crippen LogP contribution in [0, 0.1) is 11.2 Å². The lowest BCUT2D eigenvalue weighted by Gasteiger charge is -2.22. The summed E-state index contributed by atoms with van der Waals surface area (Å²) >= 11 is 0. The number of ether oxygens (including phenoxy) is 2. The fraction of sp³-hybridized carbons (Fsp3) is 0.400. The Morgan fingerprint density at radius 1 is 1.31 bits per heavy atom. The van der Waals surface area contributed by atoms with Crippen molar-refractivity contribution in [2.24, 2.45) is 5.73 Å². The highest BCUT2D eigenvalue weighted by molar-refractivity contribution is 5.94. The highest BCUT2D eigenvalue weighted by Gasteiger charge is 2.16. The SMILES string of the molecule is C.N=C(N)CC(=O)OCc1cccc(-c2cnc(NC3CCOCC3)nc2)c1F. The van der Waals surface area contributed by atoms with Gasteiger partial charge >= 0.3 is 5.97 Å². The number of benzene rings is 1. The van der Waals surface area contributed by atoms with E-state index in [1.165, 1.54) is 6.07 Å². The smallest absolute Gasteiger partial charge is 0.313 e. The van der Waals surface area contributed by atoms with Crippen LogP contribution in [0.5, 0.6) is 0 Å². The summed E-state index contributed by atoms with van der Waals surface area (Å²) in [5, 5.41) is 10.3. The normalized spacial score (nSPS) is 14.0. The van der Waals surface area contributed by atoms with E-state index in [1.807, 2.05) is 0 Å².